The number of rotatable bonds is 3. The van der Waals surface area contributed by atoms with Crippen LogP contribution in [0.3, 0.4) is 0 Å². The van der Waals surface area contributed by atoms with E-state index in [9.17, 15) is 19.5 Å². The number of esters is 2. The number of aliphatic hydroxyl groups excluding tert-OH is 1. The van der Waals surface area contributed by atoms with Crippen LogP contribution < -0.4 is 5.32 Å². The Morgan fingerprint density at radius 2 is 2.33 bits per heavy atom. The summed E-state index contributed by atoms with van der Waals surface area (Å²) in [5.74, 6) is -2.11. The van der Waals surface area contributed by atoms with Crippen LogP contribution >= 0.6 is 0 Å². The predicted octanol–water partition coefficient (Wildman–Crippen LogP) is -2.05. The van der Waals surface area contributed by atoms with E-state index in [1.165, 1.54) is 0 Å². The van der Waals surface area contributed by atoms with Crippen LogP contribution in [-0.4, -0.2) is 48.8 Å². The highest BCUT2D eigenvalue weighted by Crippen LogP contribution is 2.07. The minimum Gasteiger partial charge on any atom is -0.469 e. The number of hydrogen-bond acceptors (Lipinski definition) is 6. The number of amides is 1. The average molecular weight is 217 g/mol. The maximum atomic E-state index is 11.1. The molecular weight excluding hydrogens is 206 g/mol. The van der Waals surface area contributed by atoms with E-state index in [1.807, 2.05) is 0 Å². The molecule has 0 bridgehead atoms. The summed E-state index contributed by atoms with van der Waals surface area (Å²) in [6.07, 6.45) is -1.56. The standard InChI is InChI=1S/C8H11NO6/c1-14-6(12)2-5(11)9-7-4(10)3-15-8(7)13/h4,7,10H,2-3H2,1H3,(H,9,11)/t4-,7-/m1/s1. The Balaban J connectivity index is 2.43. The monoisotopic (exact) mass is 217 g/mol. The summed E-state index contributed by atoms with van der Waals surface area (Å²) in [5.41, 5.74) is 0. The van der Waals surface area contributed by atoms with Gasteiger partial charge in [0.2, 0.25) is 5.91 Å². The van der Waals surface area contributed by atoms with E-state index in [0.717, 1.165) is 7.11 Å². The number of methoxy groups -OCH3 is 1. The van der Waals surface area contributed by atoms with E-state index in [-0.39, 0.29) is 6.61 Å². The molecule has 2 N–H and O–H groups in total. The van der Waals surface area contributed by atoms with Crippen LogP contribution in [0.4, 0.5) is 0 Å². The average Bonchev–Trinajstić information content (AvgIpc) is 2.49. The largest absolute Gasteiger partial charge is 0.469 e. The van der Waals surface area contributed by atoms with Gasteiger partial charge < -0.3 is 19.9 Å². The first-order valence-electron chi connectivity index (χ1n) is 4.25. The van der Waals surface area contributed by atoms with Gasteiger partial charge >= 0.3 is 11.9 Å². The SMILES string of the molecule is COC(=O)CC(=O)N[C@H]1C(=O)OC[C@H]1O. The lowest BCUT2D eigenvalue weighted by Gasteiger charge is -2.11. The summed E-state index contributed by atoms with van der Waals surface area (Å²) in [6.45, 7) is -0.151. The molecule has 0 aromatic rings. The molecule has 1 saturated heterocycles. The first-order valence-corrected chi connectivity index (χ1v) is 4.25. The van der Waals surface area contributed by atoms with Crippen molar-refractivity contribution in [1.29, 1.82) is 0 Å². The third kappa shape index (κ3) is 2.91. The highest BCUT2D eigenvalue weighted by molar-refractivity contribution is 5.96. The Bertz CT molecular complexity index is 289. The fourth-order valence-electron chi connectivity index (χ4n) is 1.09. The van der Waals surface area contributed by atoms with Gasteiger partial charge in [-0.15, -0.1) is 0 Å². The molecule has 0 saturated carbocycles. The van der Waals surface area contributed by atoms with Gasteiger partial charge in [-0.05, 0) is 0 Å². The molecule has 0 aromatic heterocycles. The molecule has 1 aliphatic heterocycles. The first-order chi connectivity index (χ1) is 7.04. The zero-order valence-corrected chi connectivity index (χ0v) is 8.06. The summed E-state index contributed by atoms with van der Waals surface area (Å²) in [4.78, 5) is 32.8. The molecule has 15 heavy (non-hydrogen) atoms. The van der Waals surface area contributed by atoms with Crippen molar-refractivity contribution >= 4 is 17.8 Å². The minimum absolute atomic E-state index is 0.151. The lowest BCUT2D eigenvalue weighted by atomic mass is 10.2. The number of cyclic esters (lactones) is 1. The van der Waals surface area contributed by atoms with Crippen molar-refractivity contribution in [2.24, 2.45) is 0 Å². The number of carbonyl (C=O) groups excluding carboxylic acids is 3. The smallest absolute Gasteiger partial charge is 0.331 e. The van der Waals surface area contributed by atoms with Gasteiger partial charge in [0.25, 0.3) is 0 Å². The van der Waals surface area contributed by atoms with E-state index in [4.69, 9.17) is 0 Å². The van der Waals surface area contributed by atoms with E-state index in [0.29, 0.717) is 0 Å². The van der Waals surface area contributed by atoms with Crippen molar-refractivity contribution < 1.29 is 29.0 Å². The van der Waals surface area contributed by atoms with Gasteiger partial charge in [-0.25, -0.2) is 4.79 Å². The molecule has 1 aliphatic rings. The van der Waals surface area contributed by atoms with Crippen LogP contribution in [0, 0.1) is 0 Å². The number of carbonyl (C=O) groups is 3. The molecule has 1 fully saturated rings. The highest BCUT2D eigenvalue weighted by atomic mass is 16.6. The number of aliphatic hydroxyl groups is 1. The van der Waals surface area contributed by atoms with Gasteiger partial charge in [0, 0.05) is 0 Å². The molecule has 7 heteroatoms. The summed E-state index contributed by atoms with van der Waals surface area (Å²) in [6, 6.07) is -1.10. The van der Waals surface area contributed by atoms with Crippen LogP contribution in [-0.2, 0) is 23.9 Å². The second-order valence-electron chi connectivity index (χ2n) is 3.00. The number of ether oxygens (including phenoxy) is 2. The highest BCUT2D eigenvalue weighted by Gasteiger charge is 2.36. The fourth-order valence-corrected chi connectivity index (χ4v) is 1.09. The Kier molecular flexibility index (Phi) is 3.62. The maximum absolute atomic E-state index is 11.1. The van der Waals surface area contributed by atoms with Gasteiger partial charge in [0.05, 0.1) is 7.11 Å². The second-order valence-corrected chi connectivity index (χ2v) is 3.00. The molecule has 0 aliphatic carbocycles. The van der Waals surface area contributed by atoms with Crippen LogP contribution in [0.1, 0.15) is 6.42 Å². The Hall–Kier alpha value is -1.63. The third-order valence-corrected chi connectivity index (χ3v) is 1.88. The van der Waals surface area contributed by atoms with Crippen molar-refractivity contribution in [2.45, 2.75) is 18.6 Å². The summed E-state index contributed by atoms with van der Waals surface area (Å²) in [5, 5.41) is 11.4. The van der Waals surface area contributed by atoms with E-state index in [1.54, 1.807) is 0 Å². The van der Waals surface area contributed by atoms with Crippen molar-refractivity contribution in [3.05, 3.63) is 0 Å². The summed E-state index contributed by atoms with van der Waals surface area (Å²) in [7, 11) is 1.15. The normalized spacial score (nSPS) is 24.5. The molecule has 0 unspecified atom stereocenters. The van der Waals surface area contributed by atoms with Crippen LogP contribution in [0.25, 0.3) is 0 Å². The van der Waals surface area contributed by atoms with Crippen molar-refractivity contribution in [3.8, 4) is 0 Å². The number of nitrogens with one attached hydrogen (secondary N) is 1. The lowest BCUT2D eigenvalue weighted by molar-refractivity contribution is -0.146. The molecule has 2 atom stereocenters. The predicted molar refractivity (Wildman–Crippen MR) is 45.5 cm³/mol. The van der Waals surface area contributed by atoms with Crippen molar-refractivity contribution in [2.75, 3.05) is 13.7 Å². The maximum Gasteiger partial charge on any atom is 0.331 e. The Morgan fingerprint density at radius 3 is 2.80 bits per heavy atom. The Morgan fingerprint density at radius 1 is 1.67 bits per heavy atom. The molecule has 1 rings (SSSR count). The summed E-state index contributed by atoms with van der Waals surface area (Å²) < 4.78 is 8.75. The Labute approximate surface area is 85.3 Å². The van der Waals surface area contributed by atoms with Crippen LogP contribution in [0.2, 0.25) is 0 Å². The number of hydrogen-bond donors (Lipinski definition) is 2. The van der Waals surface area contributed by atoms with E-state index in [2.05, 4.69) is 14.8 Å². The van der Waals surface area contributed by atoms with E-state index >= 15 is 0 Å². The molecule has 0 aromatic carbocycles. The van der Waals surface area contributed by atoms with Crippen LogP contribution in [0.15, 0.2) is 0 Å². The van der Waals surface area contributed by atoms with Gasteiger partial charge in [-0.1, -0.05) is 0 Å². The first kappa shape index (κ1) is 11.4. The van der Waals surface area contributed by atoms with Gasteiger partial charge in [-0.3, -0.25) is 9.59 Å². The van der Waals surface area contributed by atoms with Gasteiger partial charge in [0.1, 0.15) is 19.1 Å². The van der Waals surface area contributed by atoms with Gasteiger partial charge in [0.15, 0.2) is 6.04 Å². The third-order valence-electron chi connectivity index (χ3n) is 1.88. The fraction of sp³-hybridized carbons (Fsp3) is 0.625. The second kappa shape index (κ2) is 4.74. The molecular formula is C8H11NO6. The van der Waals surface area contributed by atoms with Crippen molar-refractivity contribution in [1.82, 2.24) is 5.32 Å². The molecule has 0 spiro atoms. The van der Waals surface area contributed by atoms with Crippen LogP contribution in [0.5, 0.6) is 0 Å². The quantitative estimate of drug-likeness (QED) is 0.417. The molecule has 1 amide bonds. The summed E-state index contributed by atoms with van der Waals surface area (Å²) >= 11 is 0. The molecule has 1 heterocycles. The molecule has 0 radical (unpaired) electrons. The molecule has 84 valence electrons. The van der Waals surface area contributed by atoms with Crippen molar-refractivity contribution in [3.63, 3.8) is 0 Å². The molecule has 7 nitrogen and oxygen atoms in total. The zero-order chi connectivity index (χ0) is 11.4. The minimum atomic E-state index is -1.10. The van der Waals surface area contributed by atoms with Gasteiger partial charge in [-0.2, -0.15) is 0 Å². The topological polar surface area (TPSA) is 102 Å². The lowest BCUT2D eigenvalue weighted by Crippen LogP contribution is -2.45. The zero-order valence-electron chi connectivity index (χ0n) is 8.06. The van der Waals surface area contributed by atoms with E-state index < -0.39 is 36.4 Å².